The number of aromatic carboxylic acids is 1. The first-order chi connectivity index (χ1) is 10.1. The first-order valence-electron chi connectivity index (χ1n) is 6.79. The molecule has 5 heteroatoms. The third-order valence-corrected chi connectivity index (χ3v) is 4.01. The van der Waals surface area contributed by atoms with Crippen molar-refractivity contribution in [1.82, 2.24) is 0 Å². The number of thiophene rings is 1. The van der Waals surface area contributed by atoms with Crippen LogP contribution in [-0.2, 0) is 6.61 Å². The number of rotatable bonds is 7. The molecule has 2 aromatic rings. The Hall–Kier alpha value is -2.01. The Balaban J connectivity index is 2.07. The van der Waals surface area contributed by atoms with E-state index < -0.39 is 5.97 Å². The van der Waals surface area contributed by atoms with E-state index in [0.717, 1.165) is 16.9 Å². The Morgan fingerprint density at radius 1 is 1.24 bits per heavy atom. The van der Waals surface area contributed by atoms with Crippen LogP contribution in [0.1, 0.15) is 33.5 Å². The maximum atomic E-state index is 11.0. The zero-order valence-electron chi connectivity index (χ0n) is 12.1. The number of carboxylic acids is 1. The highest BCUT2D eigenvalue weighted by atomic mass is 32.1. The maximum absolute atomic E-state index is 11.0. The van der Waals surface area contributed by atoms with Crippen LogP contribution in [0.2, 0.25) is 0 Å². The topological polar surface area (TPSA) is 55.8 Å². The van der Waals surface area contributed by atoms with Crippen LogP contribution in [0.3, 0.4) is 0 Å². The highest BCUT2D eigenvalue weighted by Gasteiger charge is 2.12. The molecule has 4 nitrogen and oxygen atoms in total. The first-order valence-corrected chi connectivity index (χ1v) is 7.60. The van der Waals surface area contributed by atoms with E-state index in [1.54, 1.807) is 6.07 Å². The summed E-state index contributed by atoms with van der Waals surface area (Å²) in [7, 11) is 0. The third-order valence-electron chi connectivity index (χ3n) is 2.93. The molecular weight excluding hydrogens is 288 g/mol. The second-order valence-electron chi connectivity index (χ2n) is 4.58. The van der Waals surface area contributed by atoms with Gasteiger partial charge in [0.05, 0.1) is 6.61 Å². The van der Waals surface area contributed by atoms with Crippen molar-refractivity contribution >= 4 is 17.3 Å². The summed E-state index contributed by atoms with van der Waals surface area (Å²) >= 11 is 1.26. The molecule has 0 fully saturated rings. The molecule has 0 unspecified atom stereocenters. The Bertz CT molecular complexity index is 618. The molecule has 1 aromatic carbocycles. The number of hydrogen-bond donors (Lipinski definition) is 1. The molecule has 0 saturated heterocycles. The summed E-state index contributed by atoms with van der Waals surface area (Å²) in [6, 6.07) is 9.17. The third kappa shape index (κ3) is 3.98. The van der Waals surface area contributed by atoms with Crippen molar-refractivity contribution in [1.29, 1.82) is 0 Å². The van der Waals surface area contributed by atoms with Gasteiger partial charge in [-0.15, -0.1) is 11.3 Å². The minimum Gasteiger partial charge on any atom is -0.490 e. The molecule has 0 amide bonds. The molecule has 0 bridgehead atoms. The van der Waals surface area contributed by atoms with E-state index in [2.05, 4.69) is 0 Å². The Morgan fingerprint density at radius 2 is 1.90 bits per heavy atom. The molecule has 0 aliphatic heterocycles. The van der Waals surface area contributed by atoms with E-state index >= 15 is 0 Å². The summed E-state index contributed by atoms with van der Waals surface area (Å²) in [6.45, 7) is 4.92. The zero-order chi connectivity index (χ0) is 15.2. The van der Waals surface area contributed by atoms with E-state index in [-0.39, 0.29) is 0 Å². The quantitative estimate of drug-likeness (QED) is 0.836. The fourth-order valence-corrected chi connectivity index (χ4v) is 2.69. The predicted octanol–water partition coefficient (Wildman–Crippen LogP) is 4.12. The standard InChI is InChI=1S/C16H18O4S/c1-3-8-19-13-6-4-5-7-14(13)20-10-12-9-15(16(17)18)21-11(12)2/h4-7,9H,3,8,10H2,1-2H3,(H,17,18). The molecule has 0 spiro atoms. The van der Waals surface area contributed by atoms with Crippen molar-refractivity contribution in [2.45, 2.75) is 26.9 Å². The smallest absolute Gasteiger partial charge is 0.345 e. The zero-order valence-corrected chi connectivity index (χ0v) is 12.9. The van der Waals surface area contributed by atoms with Gasteiger partial charge in [-0.05, 0) is 31.5 Å². The van der Waals surface area contributed by atoms with Gasteiger partial charge >= 0.3 is 5.97 Å². The minimum absolute atomic E-state index is 0.335. The molecule has 1 aromatic heterocycles. The van der Waals surface area contributed by atoms with E-state index in [0.29, 0.717) is 29.6 Å². The highest BCUT2D eigenvalue weighted by molar-refractivity contribution is 7.14. The second kappa shape index (κ2) is 7.13. The molecule has 0 atom stereocenters. The Kier molecular flexibility index (Phi) is 5.22. The fraction of sp³-hybridized carbons (Fsp3) is 0.312. The van der Waals surface area contributed by atoms with Gasteiger partial charge in [0.15, 0.2) is 11.5 Å². The van der Waals surface area contributed by atoms with Gasteiger partial charge in [-0.25, -0.2) is 4.79 Å². The van der Waals surface area contributed by atoms with Gasteiger partial charge in [0.25, 0.3) is 0 Å². The average molecular weight is 306 g/mol. The van der Waals surface area contributed by atoms with Crippen molar-refractivity contribution < 1.29 is 19.4 Å². The number of hydrogen-bond acceptors (Lipinski definition) is 4. The highest BCUT2D eigenvalue weighted by Crippen LogP contribution is 2.29. The van der Waals surface area contributed by atoms with Crippen LogP contribution in [0.4, 0.5) is 0 Å². The number of ether oxygens (including phenoxy) is 2. The predicted molar refractivity (Wildman–Crippen MR) is 82.6 cm³/mol. The fourth-order valence-electron chi connectivity index (χ4n) is 1.82. The Labute approximate surface area is 128 Å². The van der Waals surface area contributed by atoms with Crippen LogP contribution in [0, 0.1) is 6.92 Å². The van der Waals surface area contributed by atoms with Crippen LogP contribution in [0.5, 0.6) is 11.5 Å². The number of carboxylic acid groups (broad SMARTS) is 1. The van der Waals surface area contributed by atoms with Crippen molar-refractivity contribution in [3.63, 3.8) is 0 Å². The molecule has 0 radical (unpaired) electrons. The Morgan fingerprint density at radius 3 is 2.48 bits per heavy atom. The van der Waals surface area contributed by atoms with Crippen LogP contribution >= 0.6 is 11.3 Å². The van der Waals surface area contributed by atoms with Gasteiger partial charge in [-0.1, -0.05) is 19.1 Å². The van der Waals surface area contributed by atoms with Crippen LogP contribution in [-0.4, -0.2) is 17.7 Å². The van der Waals surface area contributed by atoms with Crippen molar-refractivity contribution in [3.8, 4) is 11.5 Å². The first kappa shape index (κ1) is 15.4. The second-order valence-corrected chi connectivity index (χ2v) is 5.84. The molecule has 2 rings (SSSR count). The lowest BCUT2D eigenvalue weighted by Crippen LogP contribution is -2.00. The molecule has 0 aliphatic rings. The van der Waals surface area contributed by atoms with Gasteiger partial charge < -0.3 is 14.6 Å². The summed E-state index contributed by atoms with van der Waals surface area (Å²) < 4.78 is 11.4. The summed E-state index contributed by atoms with van der Waals surface area (Å²) in [5.41, 5.74) is 0.891. The summed E-state index contributed by atoms with van der Waals surface area (Å²) in [5, 5.41) is 9.00. The molecule has 0 aliphatic carbocycles. The number of para-hydroxylation sites is 2. The summed E-state index contributed by atoms with van der Waals surface area (Å²) in [4.78, 5) is 12.3. The monoisotopic (exact) mass is 306 g/mol. The SMILES string of the molecule is CCCOc1ccccc1OCc1cc(C(=O)O)sc1C. The summed E-state index contributed by atoms with van der Waals surface area (Å²) in [6.07, 6.45) is 0.931. The van der Waals surface area contributed by atoms with Crippen molar-refractivity contribution in [2.75, 3.05) is 6.61 Å². The van der Waals surface area contributed by atoms with E-state index in [4.69, 9.17) is 14.6 Å². The largest absolute Gasteiger partial charge is 0.490 e. The number of aryl methyl sites for hydroxylation is 1. The van der Waals surface area contributed by atoms with Gasteiger partial charge in [0.1, 0.15) is 11.5 Å². The average Bonchev–Trinajstić information content (AvgIpc) is 2.85. The normalized spacial score (nSPS) is 10.4. The van der Waals surface area contributed by atoms with Crippen LogP contribution in [0.15, 0.2) is 30.3 Å². The number of carbonyl (C=O) groups is 1. The van der Waals surface area contributed by atoms with Gasteiger partial charge in [0, 0.05) is 10.4 Å². The van der Waals surface area contributed by atoms with Gasteiger partial charge in [0.2, 0.25) is 0 Å². The van der Waals surface area contributed by atoms with E-state index in [1.807, 2.05) is 38.1 Å². The molecular formula is C16H18O4S. The van der Waals surface area contributed by atoms with Gasteiger partial charge in [-0.3, -0.25) is 0 Å². The lowest BCUT2D eigenvalue weighted by Gasteiger charge is -2.12. The maximum Gasteiger partial charge on any atom is 0.345 e. The van der Waals surface area contributed by atoms with Crippen molar-refractivity contribution in [2.24, 2.45) is 0 Å². The minimum atomic E-state index is -0.902. The lowest BCUT2D eigenvalue weighted by molar-refractivity contribution is 0.0702. The van der Waals surface area contributed by atoms with E-state index in [1.165, 1.54) is 11.3 Å². The molecule has 21 heavy (non-hydrogen) atoms. The molecule has 112 valence electrons. The number of benzene rings is 1. The molecule has 1 N–H and O–H groups in total. The van der Waals surface area contributed by atoms with Crippen LogP contribution in [0.25, 0.3) is 0 Å². The molecule has 1 heterocycles. The lowest BCUT2D eigenvalue weighted by atomic mass is 10.2. The molecule has 0 saturated carbocycles. The van der Waals surface area contributed by atoms with Gasteiger partial charge in [-0.2, -0.15) is 0 Å². The van der Waals surface area contributed by atoms with Crippen LogP contribution < -0.4 is 9.47 Å². The van der Waals surface area contributed by atoms with E-state index in [9.17, 15) is 4.79 Å². The van der Waals surface area contributed by atoms with Crippen molar-refractivity contribution in [3.05, 3.63) is 45.6 Å². The summed E-state index contributed by atoms with van der Waals surface area (Å²) in [5.74, 6) is 0.486.